The van der Waals surface area contributed by atoms with Gasteiger partial charge in [0.25, 0.3) is 0 Å². The van der Waals surface area contributed by atoms with Crippen LogP contribution in [0.15, 0.2) is 42.6 Å². The van der Waals surface area contributed by atoms with Gasteiger partial charge < -0.3 is 15.2 Å². The summed E-state index contributed by atoms with van der Waals surface area (Å²) in [6, 6.07) is 11.9. The van der Waals surface area contributed by atoms with Crippen molar-refractivity contribution in [3.05, 3.63) is 53.9 Å². The molecule has 4 heteroatoms. The number of pyridine rings is 1. The zero-order chi connectivity index (χ0) is 15.1. The van der Waals surface area contributed by atoms with Crippen LogP contribution < -0.4 is 15.2 Å². The Balaban J connectivity index is 2.10. The quantitative estimate of drug-likeness (QED) is 0.850. The van der Waals surface area contributed by atoms with Crippen LogP contribution in [0, 0.1) is 0 Å². The Kier molecular flexibility index (Phi) is 5.58. The van der Waals surface area contributed by atoms with E-state index in [0.29, 0.717) is 6.61 Å². The van der Waals surface area contributed by atoms with Crippen LogP contribution in [0.1, 0.15) is 24.6 Å². The molecule has 0 fully saturated rings. The summed E-state index contributed by atoms with van der Waals surface area (Å²) in [7, 11) is 1.64. The van der Waals surface area contributed by atoms with Crippen molar-refractivity contribution in [1.29, 1.82) is 0 Å². The Hall–Kier alpha value is -2.07. The first-order valence-electron chi connectivity index (χ1n) is 7.18. The fourth-order valence-electron chi connectivity index (χ4n) is 2.04. The van der Waals surface area contributed by atoms with Gasteiger partial charge in [0.2, 0.25) is 0 Å². The van der Waals surface area contributed by atoms with Gasteiger partial charge in [-0.2, -0.15) is 0 Å². The summed E-state index contributed by atoms with van der Waals surface area (Å²) in [5.74, 6) is 1.45. The molecule has 2 N–H and O–H groups in total. The molecule has 4 nitrogen and oxygen atoms in total. The number of rotatable bonds is 7. The molecule has 21 heavy (non-hydrogen) atoms. The minimum atomic E-state index is 0.169. The van der Waals surface area contributed by atoms with Crippen molar-refractivity contribution < 1.29 is 9.47 Å². The molecule has 2 rings (SSSR count). The van der Waals surface area contributed by atoms with Crippen LogP contribution in [-0.4, -0.2) is 18.1 Å². The van der Waals surface area contributed by atoms with Crippen molar-refractivity contribution >= 4 is 0 Å². The number of methoxy groups -OCH3 is 1. The van der Waals surface area contributed by atoms with Crippen LogP contribution in [0.25, 0.3) is 0 Å². The zero-order valence-corrected chi connectivity index (χ0v) is 12.6. The highest BCUT2D eigenvalue weighted by Gasteiger charge is 2.09. The predicted molar refractivity (Wildman–Crippen MR) is 83.5 cm³/mol. The lowest BCUT2D eigenvalue weighted by Gasteiger charge is -2.14. The molecule has 0 amide bonds. The Morgan fingerprint density at radius 1 is 1.19 bits per heavy atom. The molecular formula is C17H22N2O2. The monoisotopic (exact) mass is 286 g/mol. The second kappa shape index (κ2) is 7.64. The Labute approximate surface area is 125 Å². The van der Waals surface area contributed by atoms with E-state index in [0.717, 1.165) is 35.6 Å². The smallest absolute Gasteiger partial charge is 0.162 e. The van der Waals surface area contributed by atoms with Gasteiger partial charge in [-0.3, -0.25) is 4.98 Å². The minimum absolute atomic E-state index is 0.169. The van der Waals surface area contributed by atoms with Gasteiger partial charge in [-0.05, 0) is 42.7 Å². The standard InChI is InChI=1S/C17H22N2O2/c1-3-14(18)10-13-7-8-16(20-2)17(11-13)21-12-15-6-4-5-9-19-15/h4-9,11,14H,3,10,12,18H2,1-2H3. The van der Waals surface area contributed by atoms with Crippen molar-refractivity contribution in [2.75, 3.05) is 7.11 Å². The van der Waals surface area contributed by atoms with E-state index >= 15 is 0 Å². The molecule has 0 aliphatic carbocycles. The number of nitrogens with two attached hydrogens (primary N) is 1. The van der Waals surface area contributed by atoms with Gasteiger partial charge >= 0.3 is 0 Å². The van der Waals surface area contributed by atoms with Gasteiger partial charge in [0.05, 0.1) is 12.8 Å². The summed E-state index contributed by atoms with van der Waals surface area (Å²) >= 11 is 0. The molecule has 0 radical (unpaired) electrons. The summed E-state index contributed by atoms with van der Waals surface area (Å²) in [6.07, 6.45) is 3.54. The lowest BCUT2D eigenvalue weighted by Crippen LogP contribution is -2.21. The predicted octanol–water partition coefficient (Wildman–Crippen LogP) is 2.95. The van der Waals surface area contributed by atoms with Crippen LogP contribution >= 0.6 is 0 Å². The van der Waals surface area contributed by atoms with Crippen molar-refractivity contribution in [1.82, 2.24) is 4.98 Å². The summed E-state index contributed by atoms with van der Waals surface area (Å²) in [5.41, 5.74) is 8.05. The van der Waals surface area contributed by atoms with E-state index in [1.54, 1.807) is 13.3 Å². The molecule has 0 aliphatic heterocycles. The summed E-state index contributed by atoms with van der Waals surface area (Å²) in [6.45, 7) is 2.51. The highest BCUT2D eigenvalue weighted by atomic mass is 16.5. The van der Waals surface area contributed by atoms with Crippen molar-refractivity contribution in [2.24, 2.45) is 5.73 Å². The van der Waals surface area contributed by atoms with Crippen molar-refractivity contribution in [3.8, 4) is 11.5 Å². The SMILES string of the molecule is CCC(N)Cc1ccc(OC)c(OCc2ccccn2)c1. The molecule has 1 aromatic heterocycles. The number of benzene rings is 1. The average molecular weight is 286 g/mol. The maximum Gasteiger partial charge on any atom is 0.162 e. The molecule has 2 aromatic rings. The fraction of sp³-hybridized carbons (Fsp3) is 0.353. The second-order valence-electron chi connectivity index (χ2n) is 4.97. The first-order valence-corrected chi connectivity index (χ1v) is 7.18. The molecule has 0 saturated carbocycles. The third-order valence-electron chi connectivity index (χ3n) is 3.35. The van der Waals surface area contributed by atoms with Gasteiger partial charge in [-0.1, -0.05) is 19.1 Å². The molecule has 1 aromatic carbocycles. The Morgan fingerprint density at radius 2 is 2.05 bits per heavy atom. The molecule has 0 spiro atoms. The summed E-state index contributed by atoms with van der Waals surface area (Å²) in [4.78, 5) is 4.25. The normalized spacial score (nSPS) is 12.0. The average Bonchev–Trinajstić information content (AvgIpc) is 2.54. The van der Waals surface area contributed by atoms with E-state index < -0.39 is 0 Å². The fourth-order valence-corrected chi connectivity index (χ4v) is 2.04. The lowest BCUT2D eigenvalue weighted by atomic mass is 10.0. The largest absolute Gasteiger partial charge is 0.493 e. The number of hydrogen-bond acceptors (Lipinski definition) is 4. The topological polar surface area (TPSA) is 57.4 Å². The van der Waals surface area contributed by atoms with Crippen molar-refractivity contribution in [3.63, 3.8) is 0 Å². The summed E-state index contributed by atoms with van der Waals surface area (Å²) < 4.78 is 11.2. The molecule has 0 saturated heterocycles. The lowest BCUT2D eigenvalue weighted by molar-refractivity contribution is 0.280. The first kappa shape index (κ1) is 15.3. The Bertz CT molecular complexity index is 558. The second-order valence-corrected chi connectivity index (χ2v) is 4.97. The van der Waals surface area contributed by atoms with E-state index in [1.807, 2.05) is 36.4 Å². The van der Waals surface area contributed by atoms with Crippen LogP contribution in [0.2, 0.25) is 0 Å². The molecule has 0 aliphatic rings. The molecule has 1 atom stereocenters. The highest BCUT2D eigenvalue weighted by molar-refractivity contribution is 5.43. The van der Waals surface area contributed by atoms with E-state index in [4.69, 9.17) is 15.2 Å². The van der Waals surface area contributed by atoms with Gasteiger partial charge in [0, 0.05) is 12.2 Å². The van der Waals surface area contributed by atoms with E-state index in [2.05, 4.69) is 11.9 Å². The van der Waals surface area contributed by atoms with E-state index in [-0.39, 0.29) is 6.04 Å². The maximum atomic E-state index is 6.01. The van der Waals surface area contributed by atoms with E-state index in [9.17, 15) is 0 Å². The minimum Gasteiger partial charge on any atom is -0.493 e. The molecule has 1 unspecified atom stereocenters. The van der Waals surface area contributed by atoms with E-state index in [1.165, 1.54) is 0 Å². The third-order valence-corrected chi connectivity index (χ3v) is 3.35. The number of aromatic nitrogens is 1. The molecule has 1 heterocycles. The molecular weight excluding hydrogens is 264 g/mol. The molecule has 0 bridgehead atoms. The van der Waals surface area contributed by atoms with Crippen molar-refractivity contribution in [2.45, 2.75) is 32.4 Å². The van der Waals surface area contributed by atoms with Crippen LogP contribution in [0.4, 0.5) is 0 Å². The third kappa shape index (κ3) is 4.46. The highest BCUT2D eigenvalue weighted by Crippen LogP contribution is 2.29. The van der Waals surface area contributed by atoms with Gasteiger partial charge in [-0.25, -0.2) is 0 Å². The van der Waals surface area contributed by atoms with Gasteiger partial charge in [-0.15, -0.1) is 0 Å². The number of ether oxygens (including phenoxy) is 2. The molecule has 112 valence electrons. The summed E-state index contributed by atoms with van der Waals surface area (Å²) in [5, 5.41) is 0. The number of hydrogen-bond donors (Lipinski definition) is 1. The first-order chi connectivity index (χ1) is 10.2. The zero-order valence-electron chi connectivity index (χ0n) is 12.6. The number of nitrogens with zero attached hydrogens (tertiary/aromatic N) is 1. The van der Waals surface area contributed by atoms with Gasteiger partial charge in [0.1, 0.15) is 6.61 Å². The van der Waals surface area contributed by atoms with Crippen LogP contribution in [0.5, 0.6) is 11.5 Å². The maximum absolute atomic E-state index is 6.01. The van der Waals surface area contributed by atoms with Crippen LogP contribution in [0.3, 0.4) is 0 Å². The Morgan fingerprint density at radius 3 is 2.71 bits per heavy atom. The van der Waals surface area contributed by atoms with Crippen LogP contribution in [-0.2, 0) is 13.0 Å². The van der Waals surface area contributed by atoms with Gasteiger partial charge in [0.15, 0.2) is 11.5 Å².